The minimum atomic E-state index is -0.219. The number of rotatable bonds is 4. The number of amides is 1. The van der Waals surface area contributed by atoms with Crippen LogP contribution in [-0.2, 0) is 9.47 Å². The third kappa shape index (κ3) is 2.41. The zero-order valence-electron chi connectivity index (χ0n) is 8.85. The van der Waals surface area contributed by atoms with Gasteiger partial charge >= 0.3 is 6.09 Å². The lowest BCUT2D eigenvalue weighted by Crippen LogP contribution is -2.40. The topological polar surface area (TPSA) is 64.8 Å². The quantitative estimate of drug-likeness (QED) is 0.732. The molecule has 2 atom stereocenters. The second-order valence-corrected chi connectivity index (χ2v) is 4.10. The molecule has 2 N–H and O–H groups in total. The van der Waals surface area contributed by atoms with Crippen molar-refractivity contribution in [2.45, 2.75) is 31.4 Å². The van der Waals surface area contributed by atoms with Crippen molar-refractivity contribution in [3.05, 3.63) is 0 Å². The summed E-state index contributed by atoms with van der Waals surface area (Å²) in [4.78, 5) is 13.2. The molecule has 2 aliphatic rings. The Morgan fingerprint density at radius 1 is 1.53 bits per heavy atom. The fourth-order valence-corrected chi connectivity index (χ4v) is 2.15. The Labute approximate surface area is 89.5 Å². The minimum Gasteiger partial charge on any atom is -0.447 e. The first-order valence-electron chi connectivity index (χ1n) is 5.56. The molecule has 0 aliphatic carbocycles. The van der Waals surface area contributed by atoms with Gasteiger partial charge in [-0.1, -0.05) is 0 Å². The molecular formula is C10H18N2O3. The zero-order chi connectivity index (χ0) is 10.7. The lowest BCUT2D eigenvalue weighted by atomic mass is 10.1. The van der Waals surface area contributed by atoms with Gasteiger partial charge in [-0.25, -0.2) is 4.79 Å². The molecule has 0 aromatic carbocycles. The lowest BCUT2D eigenvalue weighted by Gasteiger charge is -2.23. The molecule has 2 unspecified atom stereocenters. The summed E-state index contributed by atoms with van der Waals surface area (Å²) >= 11 is 0. The smallest absolute Gasteiger partial charge is 0.410 e. The molecule has 2 aliphatic heterocycles. The van der Waals surface area contributed by atoms with Crippen molar-refractivity contribution in [3.63, 3.8) is 0 Å². The second-order valence-electron chi connectivity index (χ2n) is 4.10. The Balaban J connectivity index is 1.88. The SMILES string of the molecule is NCCC1COC(=O)N1CC1CCCO1. The highest BCUT2D eigenvalue weighted by Gasteiger charge is 2.34. The summed E-state index contributed by atoms with van der Waals surface area (Å²) in [7, 11) is 0. The molecule has 5 nitrogen and oxygen atoms in total. The van der Waals surface area contributed by atoms with Crippen LogP contribution in [0.1, 0.15) is 19.3 Å². The van der Waals surface area contributed by atoms with Crippen LogP contribution >= 0.6 is 0 Å². The van der Waals surface area contributed by atoms with Crippen LogP contribution < -0.4 is 5.73 Å². The number of hydrogen-bond acceptors (Lipinski definition) is 4. The monoisotopic (exact) mass is 214 g/mol. The van der Waals surface area contributed by atoms with Crippen molar-refractivity contribution in [1.82, 2.24) is 4.90 Å². The van der Waals surface area contributed by atoms with Crippen molar-refractivity contribution in [1.29, 1.82) is 0 Å². The van der Waals surface area contributed by atoms with Gasteiger partial charge in [-0.2, -0.15) is 0 Å². The van der Waals surface area contributed by atoms with Gasteiger partial charge in [0.05, 0.1) is 18.7 Å². The van der Waals surface area contributed by atoms with Crippen molar-refractivity contribution >= 4 is 6.09 Å². The molecule has 0 aromatic rings. The van der Waals surface area contributed by atoms with Gasteiger partial charge in [0.1, 0.15) is 6.61 Å². The van der Waals surface area contributed by atoms with Crippen LogP contribution in [0.15, 0.2) is 0 Å². The van der Waals surface area contributed by atoms with Crippen molar-refractivity contribution in [2.24, 2.45) is 5.73 Å². The molecule has 2 saturated heterocycles. The van der Waals surface area contributed by atoms with Crippen molar-refractivity contribution in [3.8, 4) is 0 Å². The van der Waals surface area contributed by atoms with E-state index in [9.17, 15) is 4.79 Å². The van der Waals surface area contributed by atoms with Gasteiger partial charge in [-0.15, -0.1) is 0 Å². The van der Waals surface area contributed by atoms with Crippen LogP contribution in [0.5, 0.6) is 0 Å². The maximum absolute atomic E-state index is 11.5. The molecule has 0 spiro atoms. The van der Waals surface area contributed by atoms with Gasteiger partial charge in [-0.05, 0) is 25.8 Å². The second kappa shape index (κ2) is 4.81. The average Bonchev–Trinajstić information content (AvgIpc) is 2.83. The standard InChI is InChI=1S/C10H18N2O3/c11-4-3-8-7-15-10(13)12(8)6-9-2-1-5-14-9/h8-9H,1-7,11H2. The van der Waals surface area contributed by atoms with E-state index in [-0.39, 0.29) is 18.2 Å². The van der Waals surface area contributed by atoms with E-state index in [0.717, 1.165) is 25.9 Å². The van der Waals surface area contributed by atoms with E-state index < -0.39 is 0 Å². The van der Waals surface area contributed by atoms with Crippen LogP contribution in [0, 0.1) is 0 Å². The van der Waals surface area contributed by atoms with E-state index in [1.54, 1.807) is 4.90 Å². The molecule has 0 bridgehead atoms. The predicted octanol–water partition coefficient (Wildman–Crippen LogP) is 0.335. The third-order valence-electron chi connectivity index (χ3n) is 3.00. The fourth-order valence-electron chi connectivity index (χ4n) is 2.15. The molecule has 0 saturated carbocycles. The maximum atomic E-state index is 11.5. The fraction of sp³-hybridized carbons (Fsp3) is 0.900. The Kier molecular flexibility index (Phi) is 3.43. The predicted molar refractivity (Wildman–Crippen MR) is 54.5 cm³/mol. The summed E-state index contributed by atoms with van der Waals surface area (Å²) < 4.78 is 10.5. The Hall–Kier alpha value is -0.810. The maximum Gasteiger partial charge on any atom is 0.410 e. The van der Waals surface area contributed by atoms with Crippen LogP contribution in [0.4, 0.5) is 4.79 Å². The third-order valence-corrected chi connectivity index (χ3v) is 3.00. The summed E-state index contributed by atoms with van der Waals surface area (Å²) in [5, 5.41) is 0. The Morgan fingerprint density at radius 3 is 3.07 bits per heavy atom. The number of hydrogen-bond donors (Lipinski definition) is 1. The molecular weight excluding hydrogens is 196 g/mol. The minimum absolute atomic E-state index is 0.145. The van der Waals surface area contributed by atoms with Gasteiger partial charge in [0, 0.05) is 6.61 Å². The molecule has 0 aromatic heterocycles. The molecule has 5 heteroatoms. The normalized spacial score (nSPS) is 31.0. The van der Waals surface area contributed by atoms with E-state index in [0.29, 0.717) is 19.7 Å². The van der Waals surface area contributed by atoms with E-state index >= 15 is 0 Å². The molecule has 2 fully saturated rings. The highest BCUT2D eigenvalue weighted by Crippen LogP contribution is 2.20. The largest absolute Gasteiger partial charge is 0.447 e. The van der Waals surface area contributed by atoms with Gasteiger partial charge in [-0.3, -0.25) is 4.90 Å². The summed E-state index contributed by atoms with van der Waals surface area (Å²) in [5.74, 6) is 0. The van der Waals surface area contributed by atoms with Crippen LogP contribution in [0.3, 0.4) is 0 Å². The molecule has 1 amide bonds. The van der Waals surface area contributed by atoms with Crippen molar-refractivity contribution < 1.29 is 14.3 Å². The summed E-state index contributed by atoms with van der Waals surface area (Å²) in [5.41, 5.74) is 5.50. The van der Waals surface area contributed by atoms with E-state index in [1.807, 2.05) is 0 Å². The van der Waals surface area contributed by atoms with Gasteiger partial charge in [0.2, 0.25) is 0 Å². The molecule has 15 heavy (non-hydrogen) atoms. The van der Waals surface area contributed by atoms with Crippen LogP contribution in [0.2, 0.25) is 0 Å². The number of carbonyl (C=O) groups is 1. The first-order valence-corrected chi connectivity index (χ1v) is 5.56. The lowest BCUT2D eigenvalue weighted by molar-refractivity contribution is 0.0754. The van der Waals surface area contributed by atoms with Gasteiger partial charge in [0.25, 0.3) is 0 Å². The van der Waals surface area contributed by atoms with Crippen molar-refractivity contribution in [2.75, 3.05) is 26.3 Å². The first-order chi connectivity index (χ1) is 7.31. The molecule has 0 radical (unpaired) electrons. The number of ether oxygens (including phenoxy) is 2. The van der Waals surface area contributed by atoms with Crippen LogP contribution in [-0.4, -0.2) is 49.4 Å². The molecule has 86 valence electrons. The first kappa shape index (κ1) is 10.7. The molecule has 2 rings (SSSR count). The number of cyclic esters (lactones) is 1. The number of nitrogens with two attached hydrogens (primary N) is 1. The van der Waals surface area contributed by atoms with E-state index in [1.165, 1.54) is 0 Å². The Bertz CT molecular complexity index is 229. The van der Waals surface area contributed by atoms with E-state index in [2.05, 4.69) is 0 Å². The summed E-state index contributed by atoms with van der Waals surface area (Å²) in [6, 6.07) is 0.145. The van der Waals surface area contributed by atoms with Gasteiger partial charge in [0.15, 0.2) is 0 Å². The number of carbonyl (C=O) groups excluding carboxylic acids is 1. The van der Waals surface area contributed by atoms with E-state index in [4.69, 9.17) is 15.2 Å². The average molecular weight is 214 g/mol. The highest BCUT2D eigenvalue weighted by atomic mass is 16.6. The van der Waals surface area contributed by atoms with Gasteiger partial charge < -0.3 is 15.2 Å². The summed E-state index contributed by atoms with van der Waals surface area (Å²) in [6.45, 7) is 2.53. The summed E-state index contributed by atoms with van der Waals surface area (Å²) in [6.07, 6.45) is 2.91. The molecule has 2 heterocycles. The number of nitrogens with zero attached hydrogens (tertiary/aromatic N) is 1. The highest BCUT2D eigenvalue weighted by molar-refractivity contribution is 5.70. The van der Waals surface area contributed by atoms with Crippen LogP contribution in [0.25, 0.3) is 0 Å². The zero-order valence-corrected chi connectivity index (χ0v) is 8.85. The Morgan fingerprint density at radius 2 is 2.40 bits per heavy atom.